The lowest BCUT2D eigenvalue weighted by Crippen LogP contribution is -2.52. The number of hydrogen-bond acceptors (Lipinski definition) is 4. The van der Waals surface area contributed by atoms with E-state index in [2.05, 4.69) is 0 Å². The fourth-order valence-corrected chi connectivity index (χ4v) is 5.49. The van der Waals surface area contributed by atoms with Gasteiger partial charge < -0.3 is 5.11 Å². The number of hydrogen-bond donors (Lipinski definition) is 1. The molecule has 1 aliphatic carbocycles. The summed E-state index contributed by atoms with van der Waals surface area (Å²) in [6.45, 7) is 1.72. The SMILES string of the molecule is CC(C#N)CN(C)S(=O)(=O)N1C(C(=O)O)CC2CCCCC21. The van der Waals surface area contributed by atoms with Crippen molar-refractivity contribution in [2.45, 2.75) is 51.1 Å². The molecule has 0 spiro atoms. The molecule has 1 aliphatic heterocycles. The first-order valence-electron chi connectivity index (χ1n) is 7.66. The zero-order chi connectivity index (χ0) is 16.5. The Morgan fingerprint density at radius 1 is 1.45 bits per heavy atom. The van der Waals surface area contributed by atoms with Gasteiger partial charge in [-0.3, -0.25) is 4.79 Å². The maximum atomic E-state index is 12.8. The molecule has 0 aromatic heterocycles. The molecular weight excluding hydrogens is 306 g/mol. The molecule has 0 aromatic carbocycles. The number of aliphatic carboxylic acids is 1. The van der Waals surface area contributed by atoms with Gasteiger partial charge in [0.2, 0.25) is 0 Å². The summed E-state index contributed by atoms with van der Waals surface area (Å²) >= 11 is 0. The Bertz CT molecular complexity index is 571. The summed E-state index contributed by atoms with van der Waals surface area (Å²) in [5, 5.41) is 18.3. The maximum Gasteiger partial charge on any atom is 0.322 e. The highest BCUT2D eigenvalue weighted by atomic mass is 32.2. The predicted octanol–water partition coefficient (Wildman–Crippen LogP) is 1.04. The Hall–Kier alpha value is -1.17. The maximum absolute atomic E-state index is 12.8. The molecule has 1 N–H and O–H groups in total. The van der Waals surface area contributed by atoms with Crippen LogP contribution in [0.1, 0.15) is 39.0 Å². The second kappa shape index (κ2) is 6.52. The van der Waals surface area contributed by atoms with Crippen LogP contribution in [0.2, 0.25) is 0 Å². The molecule has 0 aromatic rings. The van der Waals surface area contributed by atoms with Crippen LogP contribution in [0, 0.1) is 23.2 Å². The quantitative estimate of drug-likeness (QED) is 0.812. The fraction of sp³-hybridized carbons (Fsp3) is 0.857. The van der Waals surface area contributed by atoms with E-state index in [-0.39, 0.29) is 18.5 Å². The molecule has 2 fully saturated rings. The summed E-state index contributed by atoms with van der Waals surface area (Å²) in [6.07, 6.45) is 3.95. The van der Waals surface area contributed by atoms with E-state index in [1.54, 1.807) is 6.92 Å². The molecule has 2 aliphatic rings. The zero-order valence-electron chi connectivity index (χ0n) is 13.0. The summed E-state index contributed by atoms with van der Waals surface area (Å²) < 4.78 is 28.0. The third-order valence-electron chi connectivity index (χ3n) is 4.73. The summed E-state index contributed by atoms with van der Waals surface area (Å²) in [5.74, 6) is -1.39. The Labute approximate surface area is 131 Å². The molecule has 7 nitrogen and oxygen atoms in total. The Morgan fingerprint density at radius 2 is 2.09 bits per heavy atom. The lowest BCUT2D eigenvalue weighted by Gasteiger charge is -2.34. The normalized spacial score (nSPS) is 30.7. The second-order valence-corrected chi connectivity index (χ2v) is 8.29. The van der Waals surface area contributed by atoms with E-state index in [0.717, 1.165) is 30.0 Å². The molecule has 1 saturated heterocycles. The minimum atomic E-state index is -3.87. The Kier molecular flexibility index (Phi) is 5.10. The van der Waals surface area contributed by atoms with Crippen molar-refractivity contribution in [3.63, 3.8) is 0 Å². The van der Waals surface area contributed by atoms with Gasteiger partial charge in [-0.15, -0.1) is 0 Å². The molecule has 124 valence electrons. The molecule has 2 rings (SSSR count). The van der Waals surface area contributed by atoms with Gasteiger partial charge in [-0.1, -0.05) is 12.8 Å². The average molecular weight is 329 g/mol. The lowest BCUT2D eigenvalue weighted by atomic mass is 9.85. The molecular formula is C14H23N3O4S. The number of rotatable bonds is 5. The first-order chi connectivity index (χ1) is 10.3. The smallest absolute Gasteiger partial charge is 0.322 e. The number of nitriles is 1. The van der Waals surface area contributed by atoms with Crippen LogP contribution in [0.4, 0.5) is 0 Å². The van der Waals surface area contributed by atoms with Crippen LogP contribution in [0.15, 0.2) is 0 Å². The summed E-state index contributed by atoms with van der Waals surface area (Å²) in [6, 6.07) is 0.797. The van der Waals surface area contributed by atoms with Crippen molar-refractivity contribution in [2.24, 2.45) is 11.8 Å². The van der Waals surface area contributed by atoms with Crippen molar-refractivity contribution in [1.82, 2.24) is 8.61 Å². The van der Waals surface area contributed by atoms with E-state index >= 15 is 0 Å². The molecule has 22 heavy (non-hydrogen) atoms. The van der Waals surface area contributed by atoms with Crippen molar-refractivity contribution in [3.05, 3.63) is 0 Å². The van der Waals surface area contributed by atoms with Crippen LogP contribution in [-0.4, -0.2) is 53.8 Å². The van der Waals surface area contributed by atoms with Crippen LogP contribution in [0.5, 0.6) is 0 Å². The molecule has 0 radical (unpaired) electrons. The molecule has 1 heterocycles. The van der Waals surface area contributed by atoms with E-state index in [1.807, 2.05) is 6.07 Å². The van der Waals surface area contributed by atoms with E-state index in [0.29, 0.717) is 6.42 Å². The Morgan fingerprint density at radius 3 is 2.68 bits per heavy atom. The number of fused-ring (bicyclic) bond motifs is 1. The monoisotopic (exact) mass is 329 g/mol. The van der Waals surface area contributed by atoms with Gasteiger partial charge in [0.1, 0.15) is 6.04 Å². The van der Waals surface area contributed by atoms with Gasteiger partial charge in [0.25, 0.3) is 10.2 Å². The number of nitrogens with zero attached hydrogens (tertiary/aromatic N) is 3. The molecule has 0 bridgehead atoms. The summed E-state index contributed by atoms with van der Waals surface area (Å²) in [5.41, 5.74) is 0. The minimum absolute atomic E-state index is 0.0685. The topological polar surface area (TPSA) is 102 Å². The van der Waals surface area contributed by atoms with E-state index < -0.39 is 28.1 Å². The minimum Gasteiger partial charge on any atom is -0.480 e. The van der Waals surface area contributed by atoms with Crippen LogP contribution in [0.25, 0.3) is 0 Å². The molecule has 4 unspecified atom stereocenters. The average Bonchev–Trinajstić information content (AvgIpc) is 2.87. The summed E-state index contributed by atoms with van der Waals surface area (Å²) in [7, 11) is -2.46. The number of carboxylic acids is 1. The third kappa shape index (κ3) is 3.12. The van der Waals surface area contributed by atoms with Gasteiger partial charge in [-0.05, 0) is 32.1 Å². The first kappa shape index (κ1) is 17.2. The van der Waals surface area contributed by atoms with Crippen molar-refractivity contribution in [3.8, 4) is 6.07 Å². The van der Waals surface area contributed by atoms with Crippen molar-refractivity contribution in [2.75, 3.05) is 13.6 Å². The molecule has 1 saturated carbocycles. The van der Waals surface area contributed by atoms with E-state index in [9.17, 15) is 18.3 Å². The van der Waals surface area contributed by atoms with Gasteiger partial charge in [-0.25, -0.2) is 0 Å². The highest BCUT2D eigenvalue weighted by Crippen LogP contribution is 2.41. The van der Waals surface area contributed by atoms with Crippen molar-refractivity contribution < 1.29 is 18.3 Å². The van der Waals surface area contributed by atoms with Crippen molar-refractivity contribution in [1.29, 1.82) is 5.26 Å². The van der Waals surface area contributed by atoms with Crippen LogP contribution in [0.3, 0.4) is 0 Å². The van der Waals surface area contributed by atoms with Gasteiger partial charge in [-0.2, -0.15) is 22.3 Å². The van der Waals surface area contributed by atoms with Gasteiger partial charge >= 0.3 is 5.97 Å². The van der Waals surface area contributed by atoms with Gasteiger partial charge in [0.05, 0.1) is 12.0 Å². The van der Waals surface area contributed by atoms with Crippen molar-refractivity contribution >= 4 is 16.2 Å². The van der Waals surface area contributed by atoms with Crippen LogP contribution < -0.4 is 0 Å². The van der Waals surface area contributed by atoms with Crippen LogP contribution >= 0.6 is 0 Å². The largest absolute Gasteiger partial charge is 0.480 e. The molecule has 0 amide bonds. The third-order valence-corrected chi connectivity index (χ3v) is 6.72. The fourth-order valence-electron chi connectivity index (χ4n) is 3.64. The lowest BCUT2D eigenvalue weighted by molar-refractivity contribution is -0.141. The predicted molar refractivity (Wildman–Crippen MR) is 80.0 cm³/mol. The number of carboxylic acid groups (broad SMARTS) is 1. The van der Waals surface area contributed by atoms with E-state index in [4.69, 9.17) is 5.26 Å². The highest BCUT2D eigenvalue weighted by molar-refractivity contribution is 7.86. The second-order valence-electron chi connectivity index (χ2n) is 6.35. The Balaban J connectivity index is 2.29. The zero-order valence-corrected chi connectivity index (χ0v) is 13.8. The first-order valence-corrected chi connectivity index (χ1v) is 9.06. The van der Waals surface area contributed by atoms with E-state index in [1.165, 1.54) is 11.4 Å². The van der Waals surface area contributed by atoms with Gasteiger partial charge in [0, 0.05) is 19.6 Å². The highest BCUT2D eigenvalue weighted by Gasteiger charge is 2.51. The summed E-state index contributed by atoms with van der Waals surface area (Å²) in [4.78, 5) is 11.5. The van der Waals surface area contributed by atoms with Crippen LogP contribution in [-0.2, 0) is 15.0 Å². The van der Waals surface area contributed by atoms with Gasteiger partial charge in [0.15, 0.2) is 0 Å². The standard InChI is InChI=1S/C14H23N3O4S/c1-10(8-15)9-16(2)22(20,21)17-12-6-4-3-5-11(12)7-13(17)14(18)19/h10-13H,3-7,9H2,1-2H3,(H,18,19). The molecule has 8 heteroatoms. The number of carbonyl (C=O) groups is 1. The molecule has 4 atom stereocenters.